The third-order valence-electron chi connectivity index (χ3n) is 6.60. The number of halogens is 1. The van der Waals surface area contributed by atoms with Gasteiger partial charge in [0.25, 0.3) is 0 Å². The first kappa shape index (κ1) is 26.8. The van der Waals surface area contributed by atoms with E-state index in [0.29, 0.717) is 17.2 Å². The minimum atomic E-state index is -0.263. The van der Waals surface area contributed by atoms with E-state index in [0.717, 1.165) is 49.3 Å². The molecular formula is C26H42BrN3O2. The molecule has 2 N–H and O–H groups in total. The molecule has 0 amide bonds. The van der Waals surface area contributed by atoms with Gasteiger partial charge in [-0.05, 0) is 41.8 Å². The molecule has 0 saturated carbocycles. The van der Waals surface area contributed by atoms with E-state index in [9.17, 15) is 9.90 Å². The number of phenols is 1. The lowest BCUT2D eigenvalue weighted by Crippen LogP contribution is -2.41. The Balaban J connectivity index is 2.25. The molecule has 1 unspecified atom stereocenters. The summed E-state index contributed by atoms with van der Waals surface area (Å²) in [6, 6.07) is 3.91. The van der Waals surface area contributed by atoms with Gasteiger partial charge in [0.05, 0.1) is 28.7 Å². The molecule has 32 heavy (non-hydrogen) atoms. The first-order chi connectivity index (χ1) is 14.8. The average molecular weight is 509 g/mol. The number of hydrogen-bond acceptors (Lipinski definition) is 4. The molecule has 1 atom stereocenters. The summed E-state index contributed by atoms with van der Waals surface area (Å²) >= 11 is 3.29. The Morgan fingerprint density at radius 1 is 1.16 bits per heavy atom. The Hall–Kier alpha value is -1.40. The van der Waals surface area contributed by atoms with E-state index in [1.165, 1.54) is 0 Å². The van der Waals surface area contributed by atoms with Crippen molar-refractivity contribution in [3.05, 3.63) is 28.8 Å². The summed E-state index contributed by atoms with van der Waals surface area (Å²) in [4.78, 5) is 15.5. The van der Waals surface area contributed by atoms with Crippen molar-refractivity contribution in [2.45, 2.75) is 91.5 Å². The van der Waals surface area contributed by atoms with Gasteiger partial charge < -0.3 is 15.3 Å². The second kappa shape index (κ2) is 10.7. The maximum atomic E-state index is 13.4. The van der Waals surface area contributed by atoms with Gasteiger partial charge in [0.1, 0.15) is 11.6 Å². The van der Waals surface area contributed by atoms with Crippen molar-refractivity contribution in [2.24, 2.45) is 9.94 Å². The van der Waals surface area contributed by atoms with E-state index in [2.05, 4.69) is 85.8 Å². The summed E-state index contributed by atoms with van der Waals surface area (Å²) < 4.78 is 4.35. The molecule has 0 aromatic heterocycles. The van der Waals surface area contributed by atoms with Crippen LogP contribution < -0.4 is 5.32 Å². The van der Waals surface area contributed by atoms with Gasteiger partial charge in [-0.25, -0.2) is 0 Å². The number of nitrogens with zero attached hydrogens (tertiary/aromatic N) is 2. The second-order valence-electron chi connectivity index (χ2n) is 11.1. The maximum absolute atomic E-state index is 13.4. The van der Waals surface area contributed by atoms with Crippen molar-refractivity contribution in [3.8, 4) is 5.75 Å². The summed E-state index contributed by atoms with van der Waals surface area (Å²) in [6.45, 7) is 18.9. The van der Waals surface area contributed by atoms with Crippen LogP contribution in [0.2, 0.25) is 0 Å². The molecule has 0 spiro atoms. The number of phenolic OH excluding ortho intramolecular Hbond substituents is 1. The lowest BCUT2D eigenvalue weighted by molar-refractivity contribution is 0.0966. The van der Waals surface area contributed by atoms with Gasteiger partial charge in [-0.2, -0.15) is 4.02 Å². The predicted molar refractivity (Wildman–Crippen MR) is 138 cm³/mol. The predicted octanol–water partition coefficient (Wildman–Crippen LogP) is 5.98. The van der Waals surface area contributed by atoms with Crippen molar-refractivity contribution < 1.29 is 9.90 Å². The zero-order valence-corrected chi connectivity index (χ0v) is 22.8. The summed E-state index contributed by atoms with van der Waals surface area (Å²) in [5.41, 5.74) is 1.75. The molecule has 5 nitrogen and oxygen atoms in total. The normalized spacial score (nSPS) is 18.8. The standard InChI is InChI=1S/C26H42BrN3O2/c1-9-17(10-2)15-28-21-11-12-30(24(21)29-27)16-22(31)18-13-19(25(3,4)5)23(32)20(14-18)26(6,7)8/h13-14,17,21,28,32H,9-12,15-16H2,1-8H3/b29-24-. The third-order valence-corrected chi connectivity index (χ3v) is 6.96. The highest BCUT2D eigenvalue weighted by Crippen LogP contribution is 2.40. The van der Waals surface area contributed by atoms with Crippen molar-refractivity contribution in [1.82, 2.24) is 10.2 Å². The van der Waals surface area contributed by atoms with Crippen LogP contribution >= 0.6 is 16.1 Å². The smallest absolute Gasteiger partial charge is 0.182 e. The third kappa shape index (κ3) is 6.34. The molecule has 1 aliphatic rings. The molecule has 1 aromatic rings. The fraction of sp³-hybridized carbons (Fsp3) is 0.692. The van der Waals surface area contributed by atoms with Gasteiger partial charge >= 0.3 is 0 Å². The SMILES string of the molecule is CCC(CC)CNC1CCN(CC(=O)c2cc(C(C)(C)C)c(O)c(C(C)(C)C)c2)/C1=N\Br. The highest BCUT2D eigenvalue weighted by atomic mass is 79.9. The number of Topliss-reactive ketones (excluding diaryl/α,β-unsaturated/α-hetero) is 1. The number of carbonyl (C=O) groups is 1. The number of hydrogen-bond donors (Lipinski definition) is 2. The van der Waals surface area contributed by atoms with Crippen LogP contribution in [0.3, 0.4) is 0 Å². The van der Waals surface area contributed by atoms with Gasteiger partial charge in [-0.1, -0.05) is 68.2 Å². The molecule has 2 rings (SSSR count). The molecule has 1 heterocycles. The highest BCUT2D eigenvalue weighted by molar-refractivity contribution is 9.08. The molecule has 1 fully saturated rings. The van der Waals surface area contributed by atoms with Crippen LogP contribution in [0.5, 0.6) is 5.75 Å². The van der Waals surface area contributed by atoms with Crippen molar-refractivity contribution in [1.29, 1.82) is 0 Å². The lowest BCUT2D eigenvalue weighted by Gasteiger charge is -2.28. The first-order valence-corrected chi connectivity index (χ1v) is 12.6. The number of nitrogens with one attached hydrogen (secondary N) is 1. The highest BCUT2D eigenvalue weighted by Gasteiger charge is 2.32. The topological polar surface area (TPSA) is 64.9 Å². The monoisotopic (exact) mass is 507 g/mol. The van der Waals surface area contributed by atoms with E-state index in [1.807, 2.05) is 12.1 Å². The molecule has 180 valence electrons. The number of likely N-dealkylation sites (tertiary alicyclic amines) is 1. The molecule has 0 aliphatic carbocycles. The summed E-state index contributed by atoms with van der Waals surface area (Å²) in [6.07, 6.45) is 3.26. The fourth-order valence-corrected chi connectivity index (χ4v) is 4.78. The Morgan fingerprint density at radius 2 is 1.69 bits per heavy atom. The van der Waals surface area contributed by atoms with Crippen LogP contribution in [0.15, 0.2) is 16.2 Å². The largest absolute Gasteiger partial charge is 0.507 e. The summed E-state index contributed by atoms with van der Waals surface area (Å²) in [7, 11) is 0. The Labute approximate surface area is 203 Å². The minimum Gasteiger partial charge on any atom is -0.507 e. The van der Waals surface area contributed by atoms with E-state index < -0.39 is 0 Å². The number of rotatable bonds is 8. The Bertz CT molecular complexity index is 797. The number of ketones is 1. The number of amidine groups is 1. The molecule has 0 radical (unpaired) electrons. The fourth-order valence-electron chi connectivity index (χ4n) is 4.30. The van der Waals surface area contributed by atoms with E-state index in [4.69, 9.17) is 0 Å². The summed E-state index contributed by atoms with van der Waals surface area (Å²) in [5, 5.41) is 14.6. The zero-order valence-electron chi connectivity index (χ0n) is 21.2. The van der Waals surface area contributed by atoms with Crippen molar-refractivity contribution in [3.63, 3.8) is 0 Å². The minimum absolute atomic E-state index is 0.0512. The number of benzene rings is 1. The zero-order chi connectivity index (χ0) is 24.3. The molecule has 6 heteroatoms. The van der Waals surface area contributed by atoms with Crippen LogP contribution in [-0.2, 0) is 10.8 Å². The van der Waals surface area contributed by atoms with Crippen LogP contribution in [0.4, 0.5) is 0 Å². The van der Waals surface area contributed by atoms with Gasteiger partial charge in [-0.15, -0.1) is 0 Å². The first-order valence-electron chi connectivity index (χ1n) is 11.9. The van der Waals surface area contributed by atoms with E-state index in [-0.39, 0.29) is 29.2 Å². The number of carbonyl (C=O) groups excluding carboxylic acids is 1. The molecule has 0 bridgehead atoms. The molecular weight excluding hydrogens is 466 g/mol. The van der Waals surface area contributed by atoms with Gasteiger partial charge in [0, 0.05) is 23.2 Å². The van der Waals surface area contributed by atoms with Gasteiger partial charge in [0.2, 0.25) is 0 Å². The second-order valence-corrected chi connectivity index (χ2v) is 11.5. The van der Waals surface area contributed by atoms with Gasteiger partial charge in [-0.3, -0.25) is 4.79 Å². The molecule has 1 aliphatic heterocycles. The van der Waals surface area contributed by atoms with Crippen LogP contribution in [-0.4, -0.2) is 47.3 Å². The Kier molecular flexibility index (Phi) is 8.97. The van der Waals surface area contributed by atoms with Gasteiger partial charge in [0.15, 0.2) is 5.78 Å². The van der Waals surface area contributed by atoms with Crippen LogP contribution in [0.1, 0.15) is 96.1 Å². The van der Waals surface area contributed by atoms with Crippen molar-refractivity contribution in [2.75, 3.05) is 19.6 Å². The maximum Gasteiger partial charge on any atom is 0.182 e. The Morgan fingerprint density at radius 3 is 2.12 bits per heavy atom. The van der Waals surface area contributed by atoms with Crippen molar-refractivity contribution >= 4 is 27.8 Å². The van der Waals surface area contributed by atoms with Crippen LogP contribution in [0.25, 0.3) is 0 Å². The summed E-state index contributed by atoms with van der Waals surface area (Å²) in [5.74, 6) is 1.91. The van der Waals surface area contributed by atoms with E-state index in [1.54, 1.807) is 0 Å². The lowest BCUT2D eigenvalue weighted by atomic mass is 9.78. The molecule has 1 aromatic carbocycles. The average Bonchev–Trinajstić information content (AvgIpc) is 3.08. The molecule has 1 saturated heterocycles. The number of aromatic hydroxyl groups is 1. The quantitative estimate of drug-likeness (QED) is 0.424. The van der Waals surface area contributed by atoms with E-state index >= 15 is 0 Å². The van der Waals surface area contributed by atoms with Crippen LogP contribution in [0, 0.1) is 5.92 Å².